The maximum Gasteiger partial charge on any atom is 0.0595 e. The first kappa shape index (κ1) is 13.9. The maximum atomic E-state index is 6.09. The third-order valence-electron chi connectivity index (χ3n) is 3.21. The lowest BCUT2D eigenvalue weighted by Gasteiger charge is -2.28. The molecule has 0 bridgehead atoms. The van der Waals surface area contributed by atoms with E-state index in [2.05, 4.69) is 24.4 Å². The van der Waals surface area contributed by atoms with Crippen LogP contribution in [-0.4, -0.2) is 6.54 Å². The second kappa shape index (κ2) is 5.62. The summed E-state index contributed by atoms with van der Waals surface area (Å²) in [6.07, 6.45) is 0.916. The Hall–Kier alpha value is -0.540. The highest BCUT2D eigenvalue weighted by atomic mass is 35.5. The Morgan fingerprint density at radius 1 is 1.22 bits per heavy atom. The summed E-state index contributed by atoms with van der Waals surface area (Å²) in [6, 6.07) is 9.96. The molecule has 0 radical (unpaired) electrons. The fraction of sp³-hybridized carbons (Fsp3) is 0.286. The standard InChI is InChI=1S/C14H15Cl2NS/c1-14(9-17,8-11-3-2-6-18-11)10-4-5-12(15)13(16)7-10/h2-7H,8-9,17H2,1H3. The molecule has 1 unspecified atom stereocenters. The molecule has 0 amide bonds. The van der Waals surface area contributed by atoms with Gasteiger partial charge in [-0.05, 0) is 35.6 Å². The predicted octanol–water partition coefficient (Wildman–Crippen LogP) is 4.51. The lowest BCUT2D eigenvalue weighted by atomic mass is 9.79. The first-order valence-electron chi connectivity index (χ1n) is 5.73. The van der Waals surface area contributed by atoms with Gasteiger partial charge < -0.3 is 5.73 Å². The highest BCUT2D eigenvalue weighted by Gasteiger charge is 2.26. The smallest absolute Gasteiger partial charge is 0.0595 e. The molecule has 2 rings (SSSR count). The second-order valence-corrected chi connectivity index (χ2v) is 6.50. The Kier molecular flexibility index (Phi) is 4.33. The van der Waals surface area contributed by atoms with Crippen molar-refractivity contribution in [2.75, 3.05) is 6.54 Å². The van der Waals surface area contributed by atoms with Crippen LogP contribution in [0.15, 0.2) is 35.7 Å². The van der Waals surface area contributed by atoms with E-state index < -0.39 is 0 Å². The highest BCUT2D eigenvalue weighted by molar-refractivity contribution is 7.09. The van der Waals surface area contributed by atoms with Crippen molar-refractivity contribution in [1.82, 2.24) is 0 Å². The third kappa shape index (κ3) is 2.89. The van der Waals surface area contributed by atoms with E-state index in [1.807, 2.05) is 18.2 Å². The number of nitrogens with two attached hydrogens (primary N) is 1. The van der Waals surface area contributed by atoms with Crippen molar-refractivity contribution in [3.8, 4) is 0 Å². The van der Waals surface area contributed by atoms with Crippen molar-refractivity contribution < 1.29 is 0 Å². The van der Waals surface area contributed by atoms with Gasteiger partial charge in [0.2, 0.25) is 0 Å². The van der Waals surface area contributed by atoms with Crippen LogP contribution in [-0.2, 0) is 11.8 Å². The fourth-order valence-electron chi connectivity index (χ4n) is 1.96. The summed E-state index contributed by atoms with van der Waals surface area (Å²) in [7, 11) is 0. The maximum absolute atomic E-state index is 6.09. The lowest BCUT2D eigenvalue weighted by molar-refractivity contribution is 0.485. The van der Waals surface area contributed by atoms with Crippen LogP contribution >= 0.6 is 34.5 Å². The molecule has 0 saturated carbocycles. The Bertz CT molecular complexity index is 525. The van der Waals surface area contributed by atoms with Crippen LogP contribution in [0.1, 0.15) is 17.4 Å². The summed E-state index contributed by atoms with van der Waals surface area (Å²) in [5.74, 6) is 0. The summed E-state index contributed by atoms with van der Waals surface area (Å²) in [5, 5.41) is 3.25. The van der Waals surface area contributed by atoms with Gasteiger partial charge in [0.1, 0.15) is 0 Å². The minimum absolute atomic E-state index is 0.112. The molecule has 1 heterocycles. The molecule has 1 nitrogen and oxygen atoms in total. The molecule has 2 aromatic rings. The van der Waals surface area contributed by atoms with Crippen LogP contribution in [0.25, 0.3) is 0 Å². The van der Waals surface area contributed by atoms with Gasteiger partial charge in [-0.15, -0.1) is 11.3 Å². The van der Waals surface area contributed by atoms with Gasteiger partial charge in [0, 0.05) is 16.8 Å². The van der Waals surface area contributed by atoms with Gasteiger partial charge in [-0.25, -0.2) is 0 Å². The number of rotatable bonds is 4. The van der Waals surface area contributed by atoms with Crippen LogP contribution in [0, 0.1) is 0 Å². The third-order valence-corrected chi connectivity index (χ3v) is 4.83. The molecule has 0 aliphatic rings. The van der Waals surface area contributed by atoms with Gasteiger partial charge in [-0.3, -0.25) is 0 Å². The highest BCUT2D eigenvalue weighted by Crippen LogP contribution is 2.33. The lowest BCUT2D eigenvalue weighted by Crippen LogP contribution is -2.33. The Labute approximate surface area is 122 Å². The predicted molar refractivity (Wildman–Crippen MR) is 80.9 cm³/mol. The molecule has 0 saturated heterocycles. The monoisotopic (exact) mass is 299 g/mol. The van der Waals surface area contributed by atoms with E-state index in [0.29, 0.717) is 16.6 Å². The number of benzene rings is 1. The number of halogens is 2. The number of thiophene rings is 1. The molecule has 0 aliphatic heterocycles. The number of hydrogen-bond donors (Lipinski definition) is 1. The van der Waals surface area contributed by atoms with Crippen molar-refractivity contribution in [2.24, 2.45) is 5.73 Å². The molecular formula is C14H15Cl2NS. The molecule has 1 aromatic carbocycles. The first-order valence-corrected chi connectivity index (χ1v) is 7.37. The van der Waals surface area contributed by atoms with Crippen LogP contribution in [0.5, 0.6) is 0 Å². The average molecular weight is 300 g/mol. The van der Waals surface area contributed by atoms with Crippen molar-refractivity contribution >= 4 is 34.5 Å². The van der Waals surface area contributed by atoms with E-state index in [1.54, 1.807) is 11.3 Å². The Balaban J connectivity index is 2.33. The van der Waals surface area contributed by atoms with E-state index in [-0.39, 0.29) is 5.41 Å². The summed E-state index contributed by atoms with van der Waals surface area (Å²) in [4.78, 5) is 1.33. The fourth-order valence-corrected chi connectivity index (χ4v) is 3.15. The molecule has 1 atom stereocenters. The molecule has 0 aliphatic carbocycles. The van der Waals surface area contributed by atoms with Crippen molar-refractivity contribution in [1.29, 1.82) is 0 Å². The van der Waals surface area contributed by atoms with E-state index in [0.717, 1.165) is 12.0 Å². The summed E-state index contributed by atoms with van der Waals surface area (Å²) >= 11 is 13.8. The van der Waals surface area contributed by atoms with Gasteiger partial charge >= 0.3 is 0 Å². The van der Waals surface area contributed by atoms with Crippen LogP contribution in [0.3, 0.4) is 0 Å². The summed E-state index contributed by atoms with van der Waals surface area (Å²) in [5.41, 5.74) is 6.99. The Morgan fingerprint density at radius 2 is 2.00 bits per heavy atom. The minimum atomic E-state index is -0.112. The zero-order valence-electron chi connectivity index (χ0n) is 10.1. The summed E-state index contributed by atoms with van der Waals surface area (Å²) < 4.78 is 0. The van der Waals surface area contributed by atoms with E-state index in [4.69, 9.17) is 28.9 Å². The van der Waals surface area contributed by atoms with Crippen molar-refractivity contribution in [3.63, 3.8) is 0 Å². The van der Waals surface area contributed by atoms with Gasteiger partial charge in [0.15, 0.2) is 0 Å². The zero-order chi connectivity index (χ0) is 13.2. The molecule has 0 spiro atoms. The van der Waals surface area contributed by atoms with Crippen molar-refractivity contribution in [2.45, 2.75) is 18.8 Å². The van der Waals surface area contributed by atoms with E-state index >= 15 is 0 Å². The zero-order valence-corrected chi connectivity index (χ0v) is 12.4. The van der Waals surface area contributed by atoms with E-state index in [9.17, 15) is 0 Å². The van der Waals surface area contributed by atoms with Crippen LogP contribution < -0.4 is 5.73 Å². The molecule has 18 heavy (non-hydrogen) atoms. The normalized spacial score (nSPS) is 14.4. The van der Waals surface area contributed by atoms with Crippen LogP contribution in [0.2, 0.25) is 10.0 Å². The van der Waals surface area contributed by atoms with Crippen molar-refractivity contribution in [3.05, 3.63) is 56.2 Å². The molecular weight excluding hydrogens is 285 g/mol. The topological polar surface area (TPSA) is 26.0 Å². The average Bonchev–Trinajstić information content (AvgIpc) is 2.85. The molecule has 2 N–H and O–H groups in total. The number of hydrogen-bond acceptors (Lipinski definition) is 2. The van der Waals surface area contributed by atoms with Crippen LogP contribution in [0.4, 0.5) is 0 Å². The molecule has 96 valence electrons. The first-order chi connectivity index (χ1) is 8.55. The van der Waals surface area contributed by atoms with Gasteiger partial charge in [0.05, 0.1) is 10.0 Å². The quantitative estimate of drug-likeness (QED) is 0.883. The largest absolute Gasteiger partial charge is 0.330 e. The van der Waals surface area contributed by atoms with Gasteiger partial charge in [0.25, 0.3) is 0 Å². The van der Waals surface area contributed by atoms with E-state index in [1.165, 1.54) is 4.88 Å². The molecule has 1 aromatic heterocycles. The molecule has 0 fully saturated rings. The molecule has 4 heteroatoms. The van der Waals surface area contributed by atoms with Gasteiger partial charge in [-0.1, -0.05) is 42.3 Å². The Morgan fingerprint density at radius 3 is 2.56 bits per heavy atom. The minimum Gasteiger partial charge on any atom is -0.330 e. The van der Waals surface area contributed by atoms with Gasteiger partial charge in [-0.2, -0.15) is 0 Å². The SMILES string of the molecule is CC(CN)(Cc1cccs1)c1ccc(Cl)c(Cl)c1. The second-order valence-electron chi connectivity index (χ2n) is 4.65. The summed E-state index contributed by atoms with van der Waals surface area (Å²) in [6.45, 7) is 2.73.